The molecule has 1 atom stereocenters. The van der Waals surface area contributed by atoms with E-state index in [9.17, 15) is 14.7 Å². The smallest absolute Gasteiger partial charge is 0.337 e. The molecule has 21 heavy (non-hydrogen) atoms. The molecule has 2 N–H and O–H groups in total. The first-order valence-corrected chi connectivity index (χ1v) is 6.95. The highest BCUT2D eigenvalue weighted by Gasteiger charge is 2.50. The molecular formula is C17H17NO3. The van der Waals surface area contributed by atoms with E-state index < -0.39 is 5.97 Å². The fourth-order valence-electron chi connectivity index (χ4n) is 2.66. The van der Waals surface area contributed by atoms with Crippen LogP contribution in [0.25, 0.3) is 10.8 Å². The number of amides is 1. The molecule has 1 unspecified atom stereocenters. The van der Waals surface area contributed by atoms with E-state index in [4.69, 9.17) is 0 Å². The normalized spacial score (nSPS) is 19.2. The molecule has 108 valence electrons. The number of carbonyl (C=O) groups excluding carboxylic acids is 1. The number of carbonyl (C=O) groups is 2. The number of anilines is 1. The Bertz CT molecular complexity index is 749. The van der Waals surface area contributed by atoms with E-state index in [1.165, 1.54) is 0 Å². The predicted molar refractivity (Wildman–Crippen MR) is 81.4 cm³/mol. The first-order chi connectivity index (χ1) is 9.88. The van der Waals surface area contributed by atoms with Gasteiger partial charge >= 0.3 is 5.97 Å². The van der Waals surface area contributed by atoms with Crippen LogP contribution in [0, 0.1) is 11.3 Å². The SMILES string of the molecule is CC1(C)CC1C(=O)Nc1cc2ccccc2cc1C(=O)O. The zero-order chi connectivity index (χ0) is 15.2. The van der Waals surface area contributed by atoms with Crippen molar-refractivity contribution in [2.45, 2.75) is 20.3 Å². The third-order valence-corrected chi connectivity index (χ3v) is 4.20. The standard InChI is InChI=1S/C17H17NO3/c1-17(2)9-13(17)15(19)18-14-8-11-6-4-3-5-10(11)7-12(14)16(20)21/h3-8,13H,9H2,1-2H3,(H,18,19)(H,20,21). The van der Waals surface area contributed by atoms with E-state index in [1.54, 1.807) is 12.1 Å². The Labute approximate surface area is 122 Å². The molecule has 0 bridgehead atoms. The Hall–Kier alpha value is -2.36. The number of fused-ring (bicyclic) bond motifs is 1. The number of carboxylic acid groups (broad SMARTS) is 1. The van der Waals surface area contributed by atoms with Crippen LogP contribution in [0.5, 0.6) is 0 Å². The van der Waals surface area contributed by atoms with Crippen LogP contribution < -0.4 is 5.32 Å². The molecule has 2 aromatic carbocycles. The van der Waals surface area contributed by atoms with E-state index in [0.29, 0.717) is 5.69 Å². The van der Waals surface area contributed by atoms with Crippen molar-refractivity contribution >= 4 is 28.3 Å². The number of rotatable bonds is 3. The quantitative estimate of drug-likeness (QED) is 0.905. The largest absolute Gasteiger partial charge is 0.478 e. The highest BCUT2D eigenvalue weighted by Crippen LogP contribution is 2.52. The summed E-state index contributed by atoms with van der Waals surface area (Å²) in [7, 11) is 0. The van der Waals surface area contributed by atoms with E-state index in [1.807, 2.05) is 38.1 Å². The minimum absolute atomic E-state index is 0.0182. The molecule has 3 rings (SSSR count). The summed E-state index contributed by atoms with van der Waals surface area (Å²) >= 11 is 0. The van der Waals surface area contributed by atoms with Gasteiger partial charge in [-0.3, -0.25) is 4.79 Å². The molecule has 0 heterocycles. The summed E-state index contributed by atoms with van der Waals surface area (Å²) in [5.41, 5.74) is 0.513. The van der Waals surface area contributed by atoms with Crippen molar-refractivity contribution in [3.05, 3.63) is 42.0 Å². The molecule has 4 nitrogen and oxygen atoms in total. The zero-order valence-electron chi connectivity index (χ0n) is 12.0. The number of hydrogen-bond donors (Lipinski definition) is 2. The first-order valence-electron chi connectivity index (χ1n) is 6.95. The zero-order valence-corrected chi connectivity index (χ0v) is 12.0. The summed E-state index contributed by atoms with van der Waals surface area (Å²) in [5, 5.41) is 13.9. The van der Waals surface area contributed by atoms with Crippen molar-refractivity contribution in [1.29, 1.82) is 0 Å². The Kier molecular flexibility index (Phi) is 2.97. The van der Waals surface area contributed by atoms with Crippen molar-refractivity contribution in [1.82, 2.24) is 0 Å². The Morgan fingerprint density at radius 2 is 1.76 bits per heavy atom. The van der Waals surface area contributed by atoms with Crippen LogP contribution in [0.4, 0.5) is 5.69 Å². The topological polar surface area (TPSA) is 66.4 Å². The van der Waals surface area contributed by atoms with Gasteiger partial charge in [0, 0.05) is 5.92 Å². The Morgan fingerprint density at radius 1 is 1.19 bits per heavy atom. The summed E-state index contributed by atoms with van der Waals surface area (Å²) in [6, 6.07) is 10.8. The maximum Gasteiger partial charge on any atom is 0.337 e. The third-order valence-electron chi connectivity index (χ3n) is 4.20. The average Bonchev–Trinajstić information content (AvgIpc) is 3.07. The number of nitrogens with one attached hydrogen (secondary N) is 1. The van der Waals surface area contributed by atoms with Crippen LogP contribution in [0.2, 0.25) is 0 Å². The maximum absolute atomic E-state index is 12.2. The lowest BCUT2D eigenvalue weighted by Crippen LogP contribution is -2.18. The van der Waals surface area contributed by atoms with Gasteiger partial charge in [-0.15, -0.1) is 0 Å². The van der Waals surface area contributed by atoms with E-state index in [0.717, 1.165) is 17.2 Å². The third kappa shape index (κ3) is 2.49. The Balaban J connectivity index is 1.98. The van der Waals surface area contributed by atoms with Gasteiger partial charge in [-0.2, -0.15) is 0 Å². The molecule has 0 saturated heterocycles. The molecule has 2 aromatic rings. The predicted octanol–water partition coefficient (Wildman–Crippen LogP) is 3.52. The highest BCUT2D eigenvalue weighted by molar-refractivity contribution is 6.06. The van der Waals surface area contributed by atoms with Gasteiger partial charge in [-0.1, -0.05) is 38.1 Å². The monoisotopic (exact) mass is 283 g/mol. The fourth-order valence-corrected chi connectivity index (χ4v) is 2.66. The molecule has 0 aromatic heterocycles. The van der Waals surface area contributed by atoms with Gasteiger partial charge in [-0.05, 0) is 34.7 Å². The van der Waals surface area contributed by atoms with Crippen LogP contribution in [0.1, 0.15) is 30.6 Å². The second kappa shape index (κ2) is 4.58. The molecule has 1 saturated carbocycles. The van der Waals surface area contributed by atoms with Gasteiger partial charge in [0.05, 0.1) is 11.3 Å². The second-order valence-electron chi connectivity index (χ2n) is 6.28. The summed E-state index contributed by atoms with van der Waals surface area (Å²) < 4.78 is 0. The van der Waals surface area contributed by atoms with Crippen LogP contribution in [-0.2, 0) is 4.79 Å². The minimum Gasteiger partial charge on any atom is -0.478 e. The molecule has 4 heteroatoms. The molecule has 0 spiro atoms. The highest BCUT2D eigenvalue weighted by atomic mass is 16.4. The number of aromatic carboxylic acids is 1. The summed E-state index contributed by atoms with van der Waals surface area (Å²) in [6.45, 7) is 4.07. The Morgan fingerprint density at radius 3 is 2.29 bits per heavy atom. The number of hydrogen-bond acceptors (Lipinski definition) is 2. The maximum atomic E-state index is 12.2. The average molecular weight is 283 g/mol. The second-order valence-corrected chi connectivity index (χ2v) is 6.28. The van der Waals surface area contributed by atoms with Crippen molar-refractivity contribution < 1.29 is 14.7 Å². The first kappa shape index (κ1) is 13.6. The van der Waals surface area contributed by atoms with Crippen LogP contribution in [0.15, 0.2) is 36.4 Å². The van der Waals surface area contributed by atoms with Crippen LogP contribution in [-0.4, -0.2) is 17.0 Å². The van der Waals surface area contributed by atoms with Gasteiger partial charge in [0.1, 0.15) is 0 Å². The molecular weight excluding hydrogens is 266 g/mol. The van der Waals surface area contributed by atoms with Gasteiger partial charge in [-0.25, -0.2) is 4.79 Å². The van der Waals surface area contributed by atoms with Gasteiger partial charge in [0.25, 0.3) is 0 Å². The molecule has 1 fully saturated rings. The fraction of sp³-hybridized carbons (Fsp3) is 0.294. The molecule has 0 radical (unpaired) electrons. The summed E-state index contributed by atoms with van der Waals surface area (Å²) in [6.07, 6.45) is 0.842. The lowest BCUT2D eigenvalue weighted by atomic mass is 10.0. The van der Waals surface area contributed by atoms with Crippen LogP contribution in [0.3, 0.4) is 0 Å². The van der Waals surface area contributed by atoms with Crippen LogP contribution >= 0.6 is 0 Å². The summed E-state index contributed by atoms with van der Waals surface area (Å²) in [4.78, 5) is 23.6. The van der Waals surface area contributed by atoms with Crippen molar-refractivity contribution in [3.8, 4) is 0 Å². The van der Waals surface area contributed by atoms with E-state index in [-0.39, 0.29) is 22.8 Å². The summed E-state index contributed by atoms with van der Waals surface area (Å²) in [5.74, 6) is -1.17. The van der Waals surface area contributed by atoms with Gasteiger partial charge in [0.15, 0.2) is 0 Å². The molecule has 1 aliphatic rings. The van der Waals surface area contributed by atoms with Crippen molar-refractivity contribution in [2.75, 3.05) is 5.32 Å². The van der Waals surface area contributed by atoms with E-state index in [2.05, 4.69) is 5.32 Å². The molecule has 0 aliphatic heterocycles. The lowest BCUT2D eigenvalue weighted by Gasteiger charge is -2.11. The molecule has 1 aliphatic carbocycles. The lowest BCUT2D eigenvalue weighted by molar-refractivity contribution is -0.118. The van der Waals surface area contributed by atoms with E-state index >= 15 is 0 Å². The van der Waals surface area contributed by atoms with Crippen molar-refractivity contribution in [2.24, 2.45) is 11.3 Å². The molecule has 1 amide bonds. The number of benzene rings is 2. The van der Waals surface area contributed by atoms with Gasteiger partial charge < -0.3 is 10.4 Å². The van der Waals surface area contributed by atoms with Gasteiger partial charge in [0.2, 0.25) is 5.91 Å². The minimum atomic E-state index is -1.04. The van der Waals surface area contributed by atoms with Crippen molar-refractivity contribution in [3.63, 3.8) is 0 Å². The number of carboxylic acids is 1.